The summed E-state index contributed by atoms with van der Waals surface area (Å²) in [4.78, 5) is 8.04. The topological polar surface area (TPSA) is 72.3 Å². The zero-order valence-corrected chi connectivity index (χ0v) is 11.1. The summed E-state index contributed by atoms with van der Waals surface area (Å²) in [6, 6.07) is 0. The molecule has 0 unspecified atom stereocenters. The Morgan fingerprint density at radius 3 is 2.41 bits per heavy atom. The SMILES string of the molecule is CCN(CC)C(N)=NCc1nn(CC)nc1C. The third kappa shape index (κ3) is 3.44. The van der Waals surface area contributed by atoms with Crippen molar-refractivity contribution in [1.82, 2.24) is 19.9 Å². The van der Waals surface area contributed by atoms with Crippen molar-refractivity contribution in [2.75, 3.05) is 13.1 Å². The average Bonchev–Trinajstić information content (AvgIpc) is 2.69. The quantitative estimate of drug-likeness (QED) is 0.607. The molecule has 1 aromatic heterocycles. The number of aryl methyl sites for hydroxylation is 2. The molecule has 0 aliphatic heterocycles. The largest absolute Gasteiger partial charge is 0.370 e. The minimum Gasteiger partial charge on any atom is -0.370 e. The molecule has 6 heteroatoms. The predicted molar refractivity (Wildman–Crippen MR) is 68.7 cm³/mol. The molecule has 96 valence electrons. The first-order valence-corrected chi connectivity index (χ1v) is 6.07. The van der Waals surface area contributed by atoms with Gasteiger partial charge in [0.25, 0.3) is 0 Å². The van der Waals surface area contributed by atoms with Gasteiger partial charge in [-0.05, 0) is 27.7 Å². The Hall–Kier alpha value is -1.59. The fraction of sp³-hybridized carbons (Fsp3) is 0.727. The smallest absolute Gasteiger partial charge is 0.191 e. The van der Waals surface area contributed by atoms with Crippen molar-refractivity contribution in [2.45, 2.75) is 40.8 Å². The van der Waals surface area contributed by atoms with Gasteiger partial charge < -0.3 is 10.6 Å². The van der Waals surface area contributed by atoms with Crippen molar-refractivity contribution < 1.29 is 0 Å². The second-order valence-electron chi connectivity index (χ2n) is 3.77. The van der Waals surface area contributed by atoms with Crippen molar-refractivity contribution in [3.05, 3.63) is 11.4 Å². The maximum Gasteiger partial charge on any atom is 0.191 e. The minimum absolute atomic E-state index is 0.494. The van der Waals surface area contributed by atoms with Crippen LogP contribution in [0.3, 0.4) is 0 Å². The maximum atomic E-state index is 5.90. The molecule has 6 nitrogen and oxygen atoms in total. The second kappa shape index (κ2) is 6.22. The highest BCUT2D eigenvalue weighted by Gasteiger charge is 2.07. The van der Waals surface area contributed by atoms with Gasteiger partial charge in [-0.25, -0.2) is 4.99 Å². The highest BCUT2D eigenvalue weighted by Crippen LogP contribution is 2.03. The zero-order chi connectivity index (χ0) is 12.8. The minimum atomic E-state index is 0.494. The number of nitrogens with two attached hydrogens (primary N) is 1. The van der Waals surface area contributed by atoms with Crippen LogP contribution in [0.1, 0.15) is 32.2 Å². The van der Waals surface area contributed by atoms with Crippen LogP contribution in [0.2, 0.25) is 0 Å². The number of nitrogens with zero attached hydrogens (tertiary/aromatic N) is 5. The van der Waals surface area contributed by atoms with E-state index >= 15 is 0 Å². The molecule has 0 aromatic carbocycles. The van der Waals surface area contributed by atoms with Crippen LogP contribution < -0.4 is 5.73 Å². The lowest BCUT2D eigenvalue weighted by molar-refractivity contribution is 0.458. The molecule has 17 heavy (non-hydrogen) atoms. The van der Waals surface area contributed by atoms with Crippen LogP contribution in [0.15, 0.2) is 4.99 Å². The van der Waals surface area contributed by atoms with Crippen LogP contribution in [-0.4, -0.2) is 38.9 Å². The van der Waals surface area contributed by atoms with Gasteiger partial charge in [-0.2, -0.15) is 15.0 Å². The van der Waals surface area contributed by atoms with Gasteiger partial charge in [0.15, 0.2) is 5.96 Å². The van der Waals surface area contributed by atoms with Gasteiger partial charge in [0.2, 0.25) is 0 Å². The summed E-state index contributed by atoms with van der Waals surface area (Å²) in [5.41, 5.74) is 7.71. The van der Waals surface area contributed by atoms with Crippen LogP contribution in [-0.2, 0) is 13.1 Å². The molecule has 2 N–H and O–H groups in total. The molecule has 0 spiro atoms. The number of guanidine groups is 1. The average molecular weight is 238 g/mol. The lowest BCUT2D eigenvalue weighted by Crippen LogP contribution is -2.37. The van der Waals surface area contributed by atoms with E-state index < -0.39 is 0 Å². The molecule has 0 saturated carbocycles. The zero-order valence-electron chi connectivity index (χ0n) is 11.1. The molecule has 0 saturated heterocycles. The molecular weight excluding hydrogens is 216 g/mol. The van der Waals surface area contributed by atoms with E-state index in [4.69, 9.17) is 5.73 Å². The van der Waals surface area contributed by atoms with E-state index in [2.05, 4.69) is 29.0 Å². The Labute approximate surface area is 103 Å². The molecule has 0 radical (unpaired) electrons. The number of hydrogen-bond acceptors (Lipinski definition) is 3. The highest BCUT2D eigenvalue weighted by molar-refractivity contribution is 5.77. The Balaban J connectivity index is 2.71. The molecule has 0 fully saturated rings. The second-order valence-corrected chi connectivity index (χ2v) is 3.77. The lowest BCUT2D eigenvalue weighted by Gasteiger charge is -2.19. The third-order valence-corrected chi connectivity index (χ3v) is 2.68. The Morgan fingerprint density at radius 1 is 1.29 bits per heavy atom. The Bertz CT molecular complexity index is 377. The third-order valence-electron chi connectivity index (χ3n) is 2.68. The molecule has 1 heterocycles. The molecule has 0 aliphatic rings. The van der Waals surface area contributed by atoms with E-state index in [-0.39, 0.29) is 0 Å². The molecule has 0 atom stereocenters. The van der Waals surface area contributed by atoms with Crippen LogP contribution >= 0.6 is 0 Å². The molecular formula is C11H22N6. The van der Waals surface area contributed by atoms with E-state index in [9.17, 15) is 0 Å². The predicted octanol–water partition coefficient (Wildman–Crippen LogP) is 0.763. The highest BCUT2D eigenvalue weighted by atomic mass is 15.5. The standard InChI is InChI=1S/C11H22N6/c1-5-16(6-2)11(12)13-8-10-9(4)14-17(7-3)15-10/h5-8H2,1-4H3,(H2,12,13). The number of hydrogen-bond donors (Lipinski definition) is 1. The summed E-state index contributed by atoms with van der Waals surface area (Å²) in [5.74, 6) is 0.570. The van der Waals surface area contributed by atoms with Gasteiger partial charge in [-0.15, -0.1) is 0 Å². The fourth-order valence-electron chi connectivity index (χ4n) is 1.56. The van der Waals surface area contributed by atoms with Gasteiger partial charge in [0.1, 0.15) is 5.69 Å². The van der Waals surface area contributed by atoms with Gasteiger partial charge >= 0.3 is 0 Å². The summed E-state index contributed by atoms with van der Waals surface area (Å²) in [7, 11) is 0. The summed E-state index contributed by atoms with van der Waals surface area (Å²) in [6.07, 6.45) is 0. The monoisotopic (exact) mass is 238 g/mol. The van der Waals surface area contributed by atoms with E-state index in [1.165, 1.54) is 0 Å². The van der Waals surface area contributed by atoms with Gasteiger partial charge in [-0.3, -0.25) is 0 Å². The summed E-state index contributed by atoms with van der Waals surface area (Å²) in [6.45, 7) is 11.1. The number of aromatic nitrogens is 3. The summed E-state index contributed by atoms with van der Waals surface area (Å²) < 4.78 is 0. The van der Waals surface area contributed by atoms with E-state index in [1.54, 1.807) is 4.80 Å². The van der Waals surface area contributed by atoms with Crippen molar-refractivity contribution in [2.24, 2.45) is 10.7 Å². The van der Waals surface area contributed by atoms with Gasteiger partial charge in [-0.1, -0.05) is 0 Å². The van der Waals surface area contributed by atoms with Crippen molar-refractivity contribution >= 4 is 5.96 Å². The van der Waals surface area contributed by atoms with Crippen molar-refractivity contribution in [3.8, 4) is 0 Å². The molecule has 0 bridgehead atoms. The molecule has 1 rings (SSSR count). The Kier molecular flexibility index (Phi) is 4.93. The first kappa shape index (κ1) is 13.5. The molecule has 1 aromatic rings. The van der Waals surface area contributed by atoms with Crippen LogP contribution in [0, 0.1) is 6.92 Å². The van der Waals surface area contributed by atoms with E-state index in [0.717, 1.165) is 31.0 Å². The fourth-order valence-corrected chi connectivity index (χ4v) is 1.56. The van der Waals surface area contributed by atoms with Crippen molar-refractivity contribution in [3.63, 3.8) is 0 Å². The first-order valence-electron chi connectivity index (χ1n) is 6.07. The summed E-state index contributed by atoms with van der Waals surface area (Å²) in [5, 5.41) is 8.61. The molecule has 0 aliphatic carbocycles. The normalized spacial score (nSPS) is 11.9. The maximum absolute atomic E-state index is 5.90. The summed E-state index contributed by atoms with van der Waals surface area (Å²) >= 11 is 0. The number of aliphatic imine (C=N–C) groups is 1. The van der Waals surface area contributed by atoms with Crippen LogP contribution in [0.4, 0.5) is 0 Å². The van der Waals surface area contributed by atoms with Crippen LogP contribution in [0.5, 0.6) is 0 Å². The lowest BCUT2D eigenvalue weighted by atomic mass is 10.3. The van der Waals surface area contributed by atoms with Gasteiger partial charge in [0.05, 0.1) is 18.8 Å². The Morgan fingerprint density at radius 2 is 1.94 bits per heavy atom. The van der Waals surface area contributed by atoms with Crippen LogP contribution in [0.25, 0.3) is 0 Å². The van der Waals surface area contributed by atoms with E-state index in [0.29, 0.717) is 12.5 Å². The van der Waals surface area contributed by atoms with E-state index in [1.807, 2.05) is 18.7 Å². The first-order chi connectivity index (χ1) is 8.12. The van der Waals surface area contributed by atoms with Gasteiger partial charge in [0, 0.05) is 13.1 Å². The molecule has 0 amide bonds. The van der Waals surface area contributed by atoms with Crippen molar-refractivity contribution in [1.29, 1.82) is 0 Å². The number of rotatable bonds is 5.